The van der Waals surface area contributed by atoms with Crippen molar-refractivity contribution in [1.29, 1.82) is 0 Å². The number of aromatic amines is 2. The Balaban J connectivity index is 0.934. The van der Waals surface area contributed by atoms with Gasteiger partial charge in [-0.25, -0.2) is 14.8 Å². The molecule has 52 heavy (non-hydrogen) atoms. The number of nitrogens with zero attached hydrogens (tertiary/aromatic N) is 4. The van der Waals surface area contributed by atoms with Crippen LogP contribution in [0.4, 0.5) is 4.79 Å². The van der Waals surface area contributed by atoms with Crippen LogP contribution in [0.2, 0.25) is 0 Å². The highest BCUT2D eigenvalue weighted by Crippen LogP contribution is 2.44. The first-order valence-electron chi connectivity index (χ1n) is 18.1. The molecule has 13 nitrogen and oxygen atoms in total. The number of thiophene rings is 2. The molecule has 6 heterocycles. The number of H-pyrrole nitrogens is 2. The van der Waals surface area contributed by atoms with Gasteiger partial charge < -0.3 is 34.6 Å². The van der Waals surface area contributed by atoms with Gasteiger partial charge in [-0.2, -0.15) is 0 Å². The van der Waals surface area contributed by atoms with Crippen LogP contribution in [-0.2, 0) is 23.9 Å². The Kier molecular flexibility index (Phi) is 9.64. The Morgan fingerprint density at radius 2 is 1.27 bits per heavy atom. The molecule has 0 spiro atoms. The molecular formula is C37H43N7O6S2. The van der Waals surface area contributed by atoms with Crippen molar-refractivity contribution in [1.82, 2.24) is 35.1 Å². The number of rotatable bonds is 12. The van der Waals surface area contributed by atoms with Gasteiger partial charge in [-0.15, -0.1) is 22.7 Å². The molecule has 2 saturated heterocycles. The predicted molar refractivity (Wildman–Crippen MR) is 195 cm³/mol. The maximum Gasteiger partial charge on any atom is 0.407 e. The molecule has 0 bridgehead atoms. The van der Waals surface area contributed by atoms with E-state index in [2.05, 4.69) is 39.6 Å². The third kappa shape index (κ3) is 6.99. The molecule has 4 atom stereocenters. The van der Waals surface area contributed by atoms with E-state index in [1.54, 1.807) is 22.7 Å². The lowest BCUT2D eigenvalue weighted by Crippen LogP contribution is -2.49. The summed E-state index contributed by atoms with van der Waals surface area (Å²) in [6.45, 7) is 1.29. The van der Waals surface area contributed by atoms with Crippen molar-refractivity contribution in [2.75, 3.05) is 27.3 Å². The second kappa shape index (κ2) is 14.5. The van der Waals surface area contributed by atoms with Crippen LogP contribution in [0.25, 0.3) is 30.9 Å². The number of nitrogens with one attached hydrogen (secondary N) is 3. The summed E-state index contributed by atoms with van der Waals surface area (Å²) >= 11 is 3.36. The molecule has 15 heteroatoms. The predicted octanol–water partition coefficient (Wildman–Crippen LogP) is 6.31. The van der Waals surface area contributed by atoms with Gasteiger partial charge in [0, 0.05) is 22.8 Å². The monoisotopic (exact) mass is 745 g/mol. The second-order valence-electron chi connectivity index (χ2n) is 14.2. The van der Waals surface area contributed by atoms with E-state index >= 15 is 0 Å². The number of carbonyl (C=O) groups is 4. The number of hydrogen-bond donors (Lipinski definition) is 3. The lowest BCUT2D eigenvalue weighted by molar-refractivity contribution is -0.148. The third-order valence-corrected chi connectivity index (χ3v) is 13.3. The molecule has 3 N–H and O–H groups in total. The van der Waals surface area contributed by atoms with Gasteiger partial charge >= 0.3 is 12.1 Å². The number of esters is 1. The SMILES string of the molecule is COC(=O)C[C@H](C(=O)N1CCC[C@H]1c1ncc(-c2ccc(-c3ccc(-c4cnc([C@@H]5CCCN5C(=O)[C@@H](NC(=O)OC)C5CC5)[nH]4)s3)s2)[nH]1)C1CC1. The molecule has 2 aliphatic heterocycles. The molecule has 3 amide bonds. The Hall–Kier alpha value is -4.50. The number of ether oxygens (including phenoxy) is 2. The van der Waals surface area contributed by atoms with Crippen LogP contribution in [0.1, 0.15) is 81.5 Å². The number of likely N-dealkylation sites (tertiary alicyclic amines) is 2. The Morgan fingerprint density at radius 3 is 1.77 bits per heavy atom. The smallest absolute Gasteiger partial charge is 0.407 e. The van der Waals surface area contributed by atoms with E-state index in [0.717, 1.165) is 93.9 Å². The number of amides is 3. The number of hydrogen-bond acceptors (Lipinski definition) is 10. The number of carbonyl (C=O) groups excluding carboxylic acids is 4. The normalized spacial score (nSPS) is 21.3. The zero-order chi connectivity index (χ0) is 35.9. The van der Waals surface area contributed by atoms with E-state index in [9.17, 15) is 19.2 Å². The van der Waals surface area contributed by atoms with Gasteiger partial charge in [-0.3, -0.25) is 14.4 Å². The molecular weight excluding hydrogens is 703 g/mol. The Labute approximate surface area is 309 Å². The fraction of sp³-hybridized carbons (Fsp3) is 0.514. The van der Waals surface area contributed by atoms with Gasteiger partial charge in [0.15, 0.2) is 0 Å². The van der Waals surface area contributed by atoms with Crippen molar-refractivity contribution in [3.05, 3.63) is 48.3 Å². The first-order valence-corrected chi connectivity index (χ1v) is 19.8. The third-order valence-electron chi connectivity index (χ3n) is 10.8. The van der Waals surface area contributed by atoms with Crippen molar-refractivity contribution in [3.8, 4) is 30.9 Å². The van der Waals surface area contributed by atoms with Crippen LogP contribution in [0.5, 0.6) is 0 Å². The quantitative estimate of drug-likeness (QED) is 0.142. The Morgan fingerprint density at radius 1 is 0.750 bits per heavy atom. The highest BCUT2D eigenvalue weighted by atomic mass is 32.1. The fourth-order valence-corrected chi connectivity index (χ4v) is 9.76. The van der Waals surface area contributed by atoms with Crippen molar-refractivity contribution < 1.29 is 28.7 Å². The minimum atomic E-state index is -0.581. The van der Waals surface area contributed by atoms with Gasteiger partial charge in [0.1, 0.15) is 17.7 Å². The topological polar surface area (TPSA) is 163 Å². The fourth-order valence-electron chi connectivity index (χ4n) is 7.73. The van der Waals surface area contributed by atoms with E-state index in [4.69, 9.17) is 19.4 Å². The highest BCUT2D eigenvalue weighted by Gasteiger charge is 2.44. The summed E-state index contributed by atoms with van der Waals surface area (Å²) in [6.07, 6.45) is 10.4. The van der Waals surface area contributed by atoms with Crippen molar-refractivity contribution in [3.63, 3.8) is 0 Å². The molecule has 4 aliphatic rings. The standard InChI is InChI=1S/C37H43N7O6S2/c1-49-31(45)17-22(20-7-8-20)35(46)43-15-3-5-25(43)33-38-18-23(40-33)27-11-13-29(51-27)30-14-12-28(52-30)24-19-39-34(41-24)26-6-4-16-44(26)36(47)32(21-9-10-21)42-37(48)50-2/h11-14,18-22,25-26,32H,3-10,15-17H2,1-2H3,(H,38,40)(H,39,41)(H,42,48)/t22-,25-,26-,32-/m0/s1. The van der Waals surface area contributed by atoms with Crippen LogP contribution in [0, 0.1) is 17.8 Å². The average molecular weight is 746 g/mol. The zero-order valence-corrected chi connectivity index (χ0v) is 30.9. The lowest BCUT2D eigenvalue weighted by Gasteiger charge is -2.28. The average Bonchev–Trinajstić information content (AvgIpc) is 3.67. The number of methoxy groups -OCH3 is 2. The van der Waals surface area contributed by atoms with Crippen molar-refractivity contribution in [2.24, 2.45) is 17.8 Å². The minimum Gasteiger partial charge on any atom is -0.469 e. The number of imidazole rings is 2. The van der Waals surface area contributed by atoms with Crippen LogP contribution >= 0.6 is 22.7 Å². The first kappa shape index (κ1) is 34.6. The first-order chi connectivity index (χ1) is 25.3. The minimum absolute atomic E-state index is 0.0360. The molecule has 8 rings (SSSR count). The maximum atomic E-state index is 13.6. The molecule has 0 aromatic carbocycles. The van der Waals surface area contributed by atoms with Gasteiger partial charge in [0.05, 0.1) is 72.2 Å². The Bertz CT molecular complexity index is 1820. The maximum absolute atomic E-state index is 13.6. The summed E-state index contributed by atoms with van der Waals surface area (Å²) in [5.41, 5.74) is 1.81. The van der Waals surface area contributed by atoms with Gasteiger partial charge in [0.2, 0.25) is 11.8 Å². The van der Waals surface area contributed by atoms with Gasteiger partial charge in [0.25, 0.3) is 0 Å². The molecule has 4 aromatic rings. The summed E-state index contributed by atoms with van der Waals surface area (Å²) in [7, 11) is 2.69. The molecule has 0 unspecified atom stereocenters. The van der Waals surface area contributed by atoms with E-state index in [1.165, 1.54) is 14.2 Å². The summed E-state index contributed by atoms with van der Waals surface area (Å²) in [4.78, 5) is 75.8. The molecule has 0 radical (unpaired) electrons. The van der Waals surface area contributed by atoms with Crippen LogP contribution in [0.3, 0.4) is 0 Å². The summed E-state index contributed by atoms with van der Waals surface area (Å²) < 4.78 is 9.68. The summed E-state index contributed by atoms with van der Waals surface area (Å²) in [5, 5.41) is 2.76. The molecule has 2 saturated carbocycles. The number of alkyl carbamates (subject to hydrolysis) is 1. The van der Waals surface area contributed by atoms with E-state index < -0.39 is 12.1 Å². The largest absolute Gasteiger partial charge is 0.469 e. The van der Waals surface area contributed by atoms with Crippen molar-refractivity contribution >= 4 is 46.6 Å². The summed E-state index contributed by atoms with van der Waals surface area (Å²) in [6, 6.07) is 7.54. The van der Waals surface area contributed by atoms with Crippen LogP contribution in [-0.4, -0.2) is 87.0 Å². The van der Waals surface area contributed by atoms with Crippen LogP contribution < -0.4 is 5.32 Å². The second-order valence-corrected chi connectivity index (χ2v) is 16.4. The van der Waals surface area contributed by atoms with E-state index in [0.29, 0.717) is 13.1 Å². The highest BCUT2D eigenvalue weighted by molar-refractivity contribution is 7.25. The summed E-state index contributed by atoms with van der Waals surface area (Å²) in [5.74, 6) is 1.25. The van der Waals surface area contributed by atoms with Gasteiger partial charge in [-0.05, 0) is 87.5 Å². The van der Waals surface area contributed by atoms with E-state index in [1.807, 2.05) is 22.2 Å². The van der Waals surface area contributed by atoms with Crippen LogP contribution in [0.15, 0.2) is 36.7 Å². The molecule has 274 valence electrons. The molecule has 2 aliphatic carbocycles. The van der Waals surface area contributed by atoms with Gasteiger partial charge in [-0.1, -0.05) is 0 Å². The van der Waals surface area contributed by atoms with E-state index in [-0.39, 0.29) is 54.0 Å². The molecule has 4 aromatic heterocycles. The van der Waals surface area contributed by atoms with Crippen molar-refractivity contribution in [2.45, 2.75) is 75.9 Å². The lowest BCUT2D eigenvalue weighted by atomic mass is 9.97. The zero-order valence-electron chi connectivity index (χ0n) is 29.3. The molecule has 4 fully saturated rings. The number of aromatic nitrogens is 4.